The van der Waals surface area contributed by atoms with Crippen LogP contribution in [0.3, 0.4) is 0 Å². The van der Waals surface area contributed by atoms with Crippen molar-refractivity contribution in [1.29, 1.82) is 0 Å². The molecule has 304 valence electrons. The lowest BCUT2D eigenvalue weighted by Gasteiger charge is -2.31. The van der Waals surface area contributed by atoms with Gasteiger partial charge in [0.2, 0.25) is 0 Å². The Labute approximate surface area is 371 Å². The first kappa shape index (κ1) is 38.5. The Morgan fingerprint density at radius 3 is 1.67 bits per heavy atom. The van der Waals surface area contributed by atoms with Crippen molar-refractivity contribution in [3.8, 4) is 33.8 Å². The van der Waals surface area contributed by atoms with E-state index >= 15 is 0 Å². The zero-order chi connectivity index (χ0) is 42.8. The predicted octanol–water partition coefficient (Wildman–Crippen LogP) is 16.7. The summed E-state index contributed by atoms with van der Waals surface area (Å²) < 4.78 is 7.06. The summed E-state index contributed by atoms with van der Waals surface area (Å²) in [5.41, 5.74) is 13.7. The fourth-order valence-corrected chi connectivity index (χ4v) is 10.8. The summed E-state index contributed by atoms with van der Waals surface area (Å²) in [6.45, 7) is 11.6. The largest absolute Gasteiger partial charge is 0.456 e. The normalized spacial score (nSPS) is 12.0. The van der Waals surface area contributed by atoms with Crippen molar-refractivity contribution in [2.24, 2.45) is 0 Å². The van der Waals surface area contributed by atoms with Gasteiger partial charge in [0.25, 0.3) is 0 Å². The van der Waals surface area contributed by atoms with Crippen LogP contribution in [-0.2, 0) is 0 Å². The number of benzene rings is 10. The first-order valence-electron chi connectivity index (χ1n) is 21.9. The molecule has 0 bridgehead atoms. The van der Waals surface area contributed by atoms with Crippen molar-refractivity contribution in [2.45, 2.75) is 33.5 Å². The molecule has 0 N–H and O–H groups in total. The molecular formula is C59H48N2OSi. The van der Waals surface area contributed by atoms with E-state index in [1.165, 1.54) is 54.4 Å². The van der Waals surface area contributed by atoms with Crippen molar-refractivity contribution in [3.63, 3.8) is 0 Å². The van der Waals surface area contributed by atoms with Crippen molar-refractivity contribution in [3.05, 3.63) is 211 Å². The van der Waals surface area contributed by atoms with E-state index in [1.54, 1.807) is 0 Å². The first-order chi connectivity index (χ1) is 30.7. The van der Waals surface area contributed by atoms with E-state index in [-0.39, 0.29) is 0 Å². The number of hydrogen-bond acceptors (Lipinski definition) is 3. The van der Waals surface area contributed by atoms with Gasteiger partial charge in [-0.25, -0.2) is 0 Å². The number of fused-ring (bicyclic) bond motifs is 6. The molecule has 0 atom stereocenters. The van der Waals surface area contributed by atoms with E-state index in [2.05, 4.69) is 243 Å². The van der Waals surface area contributed by atoms with Gasteiger partial charge in [0.15, 0.2) is 0 Å². The van der Waals surface area contributed by atoms with Crippen LogP contribution >= 0.6 is 0 Å². The van der Waals surface area contributed by atoms with Gasteiger partial charge in [-0.3, -0.25) is 0 Å². The minimum atomic E-state index is -1.47. The highest BCUT2D eigenvalue weighted by atomic mass is 28.3. The Morgan fingerprint density at radius 1 is 0.365 bits per heavy atom. The van der Waals surface area contributed by atoms with Gasteiger partial charge in [0.1, 0.15) is 11.5 Å². The lowest BCUT2D eigenvalue weighted by atomic mass is 9.87. The standard InChI is InChI=1S/C59H48N2OSi/c1-39-25-31-48-50(33-39)51-37-54-49-32-28-45(60(42-19-11-7-12-20-42)44-26-29-46(30-27-44)63(3,4)5)36-57(49)62-58-35-40(2)34-53(59(54)58)52(51)38-56(48)61(43-21-13-8-14-22-43)55-24-16-15-23-47(55)41-17-9-6-10-18-41/h6-38H,1-5H3. The van der Waals surface area contributed by atoms with E-state index in [0.29, 0.717) is 0 Å². The maximum Gasteiger partial charge on any atom is 0.137 e. The number of anilines is 6. The molecule has 4 heteroatoms. The molecule has 0 spiro atoms. The Bertz CT molecular complexity index is 3360. The molecule has 0 radical (unpaired) electrons. The molecule has 1 aliphatic heterocycles. The summed E-state index contributed by atoms with van der Waals surface area (Å²) in [5.74, 6) is 1.74. The number of ether oxygens (including phenoxy) is 1. The number of hydrogen-bond donors (Lipinski definition) is 0. The lowest BCUT2D eigenvalue weighted by molar-refractivity contribution is 0.487. The molecule has 1 aliphatic rings. The molecule has 11 rings (SSSR count). The first-order valence-corrected chi connectivity index (χ1v) is 25.4. The molecule has 0 fully saturated rings. The SMILES string of the molecule is Cc1ccc2c(N(c3ccccc3)c3ccccc3-c3ccccc3)cc3c4cc(C)cc5c4c(cc3c2c1)-c1ccc(N(c2ccccc2)c2ccc([Si](C)(C)C)cc2)cc1O5. The third-order valence-electron chi connectivity index (χ3n) is 12.6. The maximum atomic E-state index is 7.06. The second-order valence-corrected chi connectivity index (χ2v) is 23.0. The van der Waals surface area contributed by atoms with Crippen molar-refractivity contribution in [2.75, 3.05) is 9.80 Å². The molecule has 0 amide bonds. The van der Waals surface area contributed by atoms with Gasteiger partial charge in [0, 0.05) is 50.7 Å². The summed E-state index contributed by atoms with van der Waals surface area (Å²) >= 11 is 0. The maximum absolute atomic E-state index is 7.06. The third kappa shape index (κ3) is 6.75. The topological polar surface area (TPSA) is 15.7 Å². The van der Waals surface area contributed by atoms with E-state index in [1.807, 2.05) is 0 Å². The number of nitrogens with zero attached hydrogens (tertiary/aromatic N) is 2. The summed E-state index contributed by atoms with van der Waals surface area (Å²) in [5, 5.41) is 8.62. The van der Waals surface area contributed by atoms with Crippen molar-refractivity contribution >= 4 is 79.7 Å². The zero-order valence-electron chi connectivity index (χ0n) is 36.4. The van der Waals surface area contributed by atoms with E-state index in [9.17, 15) is 0 Å². The zero-order valence-corrected chi connectivity index (χ0v) is 37.4. The van der Waals surface area contributed by atoms with Crippen LogP contribution in [0.5, 0.6) is 11.5 Å². The minimum Gasteiger partial charge on any atom is -0.456 e. The minimum absolute atomic E-state index is 0.857. The number of rotatable bonds is 8. The molecule has 63 heavy (non-hydrogen) atoms. The van der Waals surface area contributed by atoms with Crippen LogP contribution in [0.4, 0.5) is 34.1 Å². The summed E-state index contributed by atoms with van der Waals surface area (Å²) in [6, 6.07) is 73.2. The highest BCUT2D eigenvalue weighted by Gasteiger charge is 2.27. The molecule has 0 unspecified atom stereocenters. The Kier molecular flexibility index (Phi) is 9.29. The average Bonchev–Trinajstić information content (AvgIpc) is 3.30. The van der Waals surface area contributed by atoms with Gasteiger partial charge in [-0.05, 0) is 125 Å². The summed E-state index contributed by atoms with van der Waals surface area (Å²) in [4.78, 5) is 4.79. The van der Waals surface area contributed by atoms with Crippen LogP contribution in [0.2, 0.25) is 19.6 Å². The molecule has 0 aliphatic carbocycles. The van der Waals surface area contributed by atoms with E-state index < -0.39 is 8.07 Å². The molecule has 0 aromatic heterocycles. The van der Waals surface area contributed by atoms with Crippen molar-refractivity contribution in [1.82, 2.24) is 0 Å². The van der Waals surface area contributed by atoms with Gasteiger partial charge in [-0.2, -0.15) is 0 Å². The number of aryl methyl sites for hydroxylation is 2. The third-order valence-corrected chi connectivity index (χ3v) is 14.7. The predicted molar refractivity (Wildman–Crippen MR) is 272 cm³/mol. The van der Waals surface area contributed by atoms with Crippen LogP contribution in [0, 0.1) is 13.8 Å². The Balaban J connectivity index is 1.14. The second-order valence-electron chi connectivity index (χ2n) is 18.0. The van der Waals surface area contributed by atoms with Gasteiger partial charge in [0.05, 0.1) is 19.4 Å². The quantitative estimate of drug-likeness (QED) is 0.112. The van der Waals surface area contributed by atoms with Gasteiger partial charge < -0.3 is 14.5 Å². The Hall–Kier alpha value is -7.40. The highest BCUT2D eigenvalue weighted by molar-refractivity contribution is 6.88. The Morgan fingerprint density at radius 2 is 0.952 bits per heavy atom. The van der Waals surface area contributed by atoms with Crippen LogP contribution < -0.4 is 19.7 Å². The summed E-state index contributed by atoms with van der Waals surface area (Å²) in [6.07, 6.45) is 0. The molecule has 10 aromatic rings. The highest BCUT2D eigenvalue weighted by Crippen LogP contribution is 2.53. The molecule has 0 saturated carbocycles. The number of para-hydroxylation sites is 3. The average molecular weight is 829 g/mol. The fraction of sp³-hybridized carbons (Fsp3) is 0.0847. The molecule has 10 aromatic carbocycles. The van der Waals surface area contributed by atoms with Gasteiger partial charge >= 0.3 is 0 Å². The molecular weight excluding hydrogens is 781 g/mol. The fourth-order valence-electron chi connectivity index (χ4n) is 9.58. The molecule has 0 saturated heterocycles. The smallest absolute Gasteiger partial charge is 0.137 e. The van der Waals surface area contributed by atoms with Crippen LogP contribution in [0.1, 0.15) is 11.1 Å². The monoisotopic (exact) mass is 828 g/mol. The lowest BCUT2D eigenvalue weighted by Crippen LogP contribution is -2.37. The van der Waals surface area contributed by atoms with Gasteiger partial charge in [-0.15, -0.1) is 0 Å². The van der Waals surface area contributed by atoms with Crippen molar-refractivity contribution < 1.29 is 4.74 Å². The summed E-state index contributed by atoms with van der Waals surface area (Å²) in [7, 11) is -1.47. The van der Waals surface area contributed by atoms with E-state index in [4.69, 9.17) is 4.74 Å². The van der Waals surface area contributed by atoms with Gasteiger partial charge in [-0.1, -0.05) is 152 Å². The molecule has 3 nitrogen and oxygen atoms in total. The van der Waals surface area contributed by atoms with Crippen LogP contribution in [-0.4, -0.2) is 8.07 Å². The van der Waals surface area contributed by atoms with Crippen LogP contribution in [0.15, 0.2) is 200 Å². The van der Waals surface area contributed by atoms with E-state index in [0.717, 1.165) is 62.1 Å². The molecule has 1 heterocycles. The van der Waals surface area contributed by atoms with Crippen LogP contribution in [0.25, 0.3) is 54.6 Å². The second kappa shape index (κ2) is 15.2.